The van der Waals surface area contributed by atoms with Crippen molar-refractivity contribution in [3.05, 3.63) is 46.8 Å². The Bertz CT molecular complexity index is 645. The molecule has 0 saturated heterocycles. The topological polar surface area (TPSA) is 67.2 Å². The molecule has 2 aromatic rings. The van der Waals surface area contributed by atoms with Crippen LogP contribution in [0, 0.1) is 18.6 Å². The van der Waals surface area contributed by atoms with Gasteiger partial charge in [0.2, 0.25) is 0 Å². The minimum absolute atomic E-state index is 0.194. The van der Waals surface area contributed by atoms with Crippen LogP contribution in [0.2, 0.25) is 0 Å². The number of hydrogen-bond acceptors (Lipinski definition) is 3. The number of nitrogens with zero attached hydrogens (tertiary/aromatic N) is 2. The first kappa shape index (κ1) is 14.0. The second-order valence-corrected chi connectivity index (χ2v) is 4.39. The minimum Gasteiger partial charge on any atom is -0.478 e. The smallest absolute Gasteiger partial charge is 0.335 e. The Labute approximate surface area is 113 Å². The number of carboxylic acid groups (broad SMARTS) is 1. The van der Waals surface area contributed by atoms with Gasteiger partial charge in [-0.3, -0.25) is 4.68 Å². The summed E-state index contributed by atoms with van der Waals surface area (Å²) < 4.78 is 29.0. The average Bonchev–Trinajstić information content (AvgIpc) is 2.66. The van der Waals surface area contributed by atoms with Crippen molar-refractivity contribution in [3.8, 4) is 0 Å². The lowest BCUT2D eigenvalue weighted by atomic mass is 10.1. The zero-order chi connectivity index (χ0) is 14.9. The molecule has 0 atom stereocenters. The maximum absolute atomic E-state index is 13.7. The molecule has 1 aromatic heterocycles. The molecule has 0 aliphatic rings. The quantitative estimate of drug-likeness (QED) is 0.902. The van der Waals surface area contributed by atoms with Gasteiger partial charge in [0.1, 0.15) is 17.3 Å². The number of aromatic carboxylic acids is 1. The van der Waals surface area contributed by atoms with Crippen molar-refractivity contribution >= 4 is 11.7 Å². The first-order valence-electron chi connectivity index (χ1n) is 5.84. The van der Waals surface area contributed by atoms with E-state index in [2.05, 4.69) is 10.4 Å². The predicted octanol–water partition coefficient (Wildman–Crippen LogP) is 2.32. The predicted molar refractivity (Wildman–Crippen MR) is 68.6 cm³/mol. The van der Waals surface area contributed by atoms with E-state index in [9.17, 15) is 13.6 Å². The van der Waals surface area contributed by atoms with E-state index in [1.54, 1.807) is 24.9 Å². The van der Waals surface area contributed by atoms with Crippen molar-refractivity contribution < 1.29 is 18.7 Å². The molecular formula is C13H13F2N3O2. The van der Waals surface area contributed by atoms with Gasteiger partial charge >= 0.3 is 5.97 Å². The molecule has 106 valence electrons. The number of anilines is 1. The molecule has 0 bridgehead atoms. The van der Waals surface area contributed by atoms with Gasteiger partial charge in [-0.2, -0.15) is 5.10 Å². The number of aromatic nitrogens is 2. The van der Waals surface area contributed by atoms with Crippen LogP contribution in [-0.4, -0.2) is 20.9 Å². The number of hydrogen-bond donors (Lipinski definition) is 2. The van der Waals surface area contributed by atoms with Gasteiger partial charge in [-0.25, -0.2) is 13.6 Å². The Balaban J connectivity index is 2.22. The van der Waals surface area contributed by atoms with Gasteiger partial charge < -0.3 is 10.4 Å². The molecule has 0 radical (unpaired) electrons. The Morgan fingerprint density at radius 3 is 2.45 bits per heavy atom. The summed E-state index contributed by atoms with van der Waals surface area (Å²) in [4.78, 5) is 10.7. The van der Waals surface area contributed by atoms with Crippen LogP contribution in [0.4, 0.5) is 14.5 Å². The van der Waals surface area contributed by atoms with Crippen molar-refractivity contribution in [2.75, 3.05) is 5.32 Å². The molecule has 2 rings (SSSR count). The van der Waals surface area contributed by atoms with Gasteiger partial charge in [0.25, 0.3) is 0 Å². The van der Waals surface area contributed by atoms with Crippen molar-refractivity contribution in [2.45, 2.75) is 13.5 Å². The highest BCUT2D eigenvalue weighted by molar-refractivity contribution is 5.88. The van der Waals surface area contributed by atoms with E-state index in [1.165, 1.54) is 0 Å². The Kier molecular flexibility index (Phi) is 3.69. The second-order valence-electron chi connectivity index (χ2n) is 4.39. The molecule has 7 heteroatoms. The first-order chi connectivity index (χ1) is 9.38. The molecule has 0 amide bonds. The van der Waals surface area contributed by atoms with Crippen molar-refractivity contribution in [1.29, 1.82) is 0 Å². The highest BCUT2D eigenvalue weighted by atomic mass is 19.1. The lowest BCUT2D eigenvalue weighted by Crippen LogP contribution is -2.07. The van der Waals surface area contributed by atoms with Crippen LogP contribution >= 0.6 is 0 Å². The fourth-order valence-corrected chi connectivity index (χ4v) is 1.87. The van der Waals surface area contributed by atoms with Gasteiger partial charge in [0.15, 0.2) is 0 Å². The number of carbonyl (C=O) groups is 1. The zero-order valence-electron chi connectivity index (χ0n) is 10.9. The molecule has 0 fully saturated rings. The van der Waals surface area contributed by atoms with Gasteiger partial charge in [0, 0.05) is 25.4 Å². The van der Waals surface area contributed by atoms with E-state index in [4.69, 9.17) is 5.11 Å². The lowest BCUT2D eigenvalue weighted by molar-refractivity contribution is 0.0696. The number of aryl methyl sites for hydroxylation is 2. The third-order valence-corrected chi connectivity index (χ3v) is 2.86. The van der Waals surface area contributed by atoms with Crippen LogP contribution in [0.5, 0.6) is 0 Å². The highest BCUT2D eigenvalue weighted by Crippen LogP contribution is 2.22. The summed E-state index contributed by atoms with van der Waals surface area (Å²) >= 11 is 0. The molecule has 0 spiro atoms. The maximum atomic E-state index is 13.7. The molecule has 0 aliphatic carbocycles. The van der Waals surface area contributed by atoms with Crippen molar-refractivity contribution in [3.63, 3.8) is 0 Å². The Hall–Kier alpha value is -2.44. The summed E-state index contributed by atoms with van der Waals surface area (Å²) in [5, 5.41) is 15.4. The molecule has 5 nitrogen and oxygen atoms in total. The fourth-order valence-electron chi connectivity index (χ4n) is 1.87. The minimum atomic E-state index is -1.38. The van der Waals surface area contributed by atoms with Crippen LogP contribution in [0.25, 0.3) is 0 Å². The maximum Gasteiger partial charge on any atom is 0.335 e. The summed E-state index contributed by atoms with van der Waals surface area (Å²) in [6.45, 7) is 1.98. The third-order valence-electron chi connectivity index (χ3n) is 2.86. The number of halogens is 2. The van der Waals surface area contributed by atoms with Gasteiger partial charge in [-0.05, 0) is 19.1 Å². The standard InChI is InChI=1S/C13H13F2N3O2/c1-7-9(6-18(2)17-7)5-16-12-10(14)3-8(13(19)20)4-11(12)15/h3-4,6,16H,5H2,1-2H3,(H,19,20). The summed E-state index contributed by atoms with van der Waals surface area (Å²) in [6.07, 6.45) is 1.74. The molecule has 0 saturated carbocycles. The van der Waals surface area contributed by atoms with E-state index < -0.39 is 23.2 Å². The van der Waals surface area contributed by atoms with E-state index in [1.807, 2.05) is 0 Å². The SMILES string of the molecule is Cc1nn(C)cc1CNc1c(F)cc(C(=O)O)cc1F. The third kappa shape index (κ3) is 2.76. The lowest BCUT2D eigenvalue weighted by Gasteiger charge is -2.09. The fraction of sp³-hybridized carbons (Fsp3) is 0.231. The van der Waals surface area contributed by atoms with Gasteiger partial charge in [0.05, 0.1) is 11.3 Å². The summed E-state index contributed by atoms with van der Waals surface area (Å²) in [5.41, 5.74) is 0.776. The first-order valence-corrected chi connectivity index (χ1v) is 5.84. The number of nitrogens with one attached hydrogen (secondary N) is 1. The molecule has 0 unspecified atom stereocenters. The number of benzene rings is 1. The van der Waals surface area contributed by atoms with E-state index in [0.717, 1.165) is 23.4 Å². The molecule has 1 aromatic carbocycles. The largest absolute Gasteiger partial charge is 0.478 e. The Morgan fingerprint density at radius 2 is 2.00 bits per heavy atom. The summed E-state index contributed by atoms with van der Waals surface area (Å²) in [5.74, 6) is -3.26. The molecule has 0 aliphatic heterocycles. The molecule has 2 N–H and O–H groups in total. The van der Waals surface area contributed by atoms with E-state index in [-0.39, 0.29) is 12.2 Å². The van der Waals surface area contributed by atoms with Crippen LogP contribution in [-0.2, 0) is 13.6 Å². The monoisotopic (exact) mass is 281 g/mol. The molecule has 20 heavy (non-hydrogen) atoms. The average molecular weight is 281 g/mol. The van der Waals surface area contributed by atoms with E-state index >= 15 is 0 Å². The normalized spacial score (nSPS) is 10.6. The van der Waals surface area contributed by atoms with Gasteiger partial charge in [-0.15, -0.1) is 0 Å². The Morgan fingerprint density at radius 1 is 1.40 bits per heavy atom. The van der Waals surface area contributed by atoms with Crippen LogP contribution < -0.4 is 5.32 Å². The number of rotatable bonds is 4. The summed E-state index contributed by atoms with van der Waals surface area (Å²) in [6, 6.07) is 1.56. The van der Waals surface area contributed by atoms with Crippen LogP contribution in [0.3, 0.4) is 0 Å². The van der Waals surface area contributed by atoms with Crippen LogP contribution in [0.1, 0.15) is 21.6 Å². The number of carboxylic acids is 1. The van der Waals surface area contributed by atoms with Crippen molar-refractivity contribution in [1.82, 2.24) is 9.78 Å². The summed E-state index contributed by atoms with van der Waals surface area (Å²) in [7, 11) is 1.75. The van der Waals surface area contributed by atoms with Crippen LogP contribution in [0.15, 0.2) is 18.3 Å². The van der Waals surface area contributed by atoms with Gasteiger partial charge in [-0.1, -0.05) is 0 Å². The molecular weight excluding hydrogens is 268 g/mol. The highest BCUT2D eigenvalue weighted by Gasteiger charge is 2.15. The van der Waals surface area contributed by atoms with Crippen molar-refractivity contribution in [2.24, 2.45) is 7.05 Å². The molecule has 1 heterocycles. The second kappa shape index (κ2) is 5.28. The van der Waals surface area contributed by atoms with E-state index in [0.29, 0.717) is 0 Å². The zero-order valence-corrected chi connectivity index (χ0v) is 10.9.